The van der Waals surface area contributed by atoms with Gasteiger partial charge in [-0.1, -0.05) is 23.8 Å². The molecule has 1 aliphatic carbocycles. The zero-order valence-corrected chi connectivity index (χ0v) is 12.3. The number of nitrogens with zero attached hydrogens (tertiary/aromatic N) is 1. The van der Waals surface area contributed by atoms with E-state index in [0.717, 1.165) is 44.5 Å². The first-order chi connectivity index (χ1) is 10.4. The Hall–Kier alpha value is -1.52. The van der Waals surface area contributed by atoms with Gasteiger partial charge in [0.2, 0.25) is 0 Å². The minimum absolute atomic E-state index is 0.198. The largest absolute Gasteiger partial charge is 0.466 e. The number of rotatable bonds is 5. The molecule has 2 heterocycles. The van der Waals surface area contributed by atoms with Crippen molar-refractivity contribution in [2.45, 2.75) is 31.7 Å². The lowest BCUT2D eigenvalue weighted by Crippen LogP contribution is -2.36. The molecule has 2 aliphatic heterocycles. The molecule has 2 unspecified atom stereocenters. The third kappa shape index (κ3) is 3.57. The number of aliphatic hydroxyl groups is 1. The van der Waals surface area contributed by atoms with Crippen LogP contribution in [0.3, 0.4) is 0 Å². The molecule has 2 atom stereocenters. The summed E-state index contributed by atoms with van der Waals surface area (Å²) >= 11 is 0. The Morgan fingerprint density at radius 2 is 2.33 bits per heavy atom. The van der Waals surface area contributed by atoms with Gasteiger partial charge in [-0.15, -0.1) is 0 Å². The van der Waals surface area contributed by atoms with Crippen LogP contribution in [0.25, 0.3) is 0 Å². The second kappa shape index (κ2) is 6.96. The molecule has 4 nitrogen and oxygen atoms in total. The summed E-state index contributed by atoms with van der Waals surface area (Å²) in [6, 6.07) is 0.198. The van der Waals surface area contributed by atoms with E-state index in [4.69, 9.17) is 9.47 Å². The van der Waals surface area contributed by atoms with Crippen molar-refractivity contribution in [2.24, 2.45) is 5.92 Å². The molecule has 114 valence electrons. The van der Waals surface area contributed by atoms with E-state index in [9.17, 15) is 5.11 Å². The van der Waals surface area contributed by atoms with Crippen molar-refractivity contribution in [3.05, 3.63) is 48.3 Å². The molecule has 0 amide bonds. The zero-order valence-electron chi connectivity index (χ0n) is 12.3. The highest BCUT2D eigenvalue weighted by molar-refractivity contribution is 5.21. The van der Waals surface area contributed by atoms with Crippen LogP contribution in [0.4, 0.5) is 0 Å². The van der Waals surface area contributed by atoms with Crippen LogP contribution in [0.5, 0.6) is 0 Å². The van der Waals surface area contributed by atoms with Crippen LogP contribution in [0.1, 0.15) is 25.7 Å². The predicted octanol–water partition coefficient (Wildman–Crippen LogP) is 2.70. The number of ether oxygens (including phenoxy) is 2. The van der Waals surface area contributed by atoms with E-state index in [1.807, 2.05) is 0 Å². The molecule has 0 aromatic carbocycles. The van der Waals surface area contributed by atoms with E-state index < -0.39 is 0 Å². The third-order valence-electron chi connectivity index (χ3n) is 4.42. The van der Waals surface area contributed by atoms with Crippen LogP contribution >= 0.6 is 0 Å². The van der Waals surface area contributed by atoms with Crippen LogP contribution in [0, 0.1) is 5.92 Å². The molecule has 1 fully saturated rings. The Balaban J connectivity index is 1.72. The first kappa shape index (κ1) is 14.4. The highest BCUT2D eigenvalue weighted by Gasteiger charge is 2.32. The molecule has 1 saturated heterocycles. The van der Waals surface area contributed by atoms with Crippen LogP contribution in [0.2, 0.25) is 0 Å². The van der Waals surface area contributed by atoms with Gasteiger partial charge in [0.1, 0.15) is 18.8 Å². The summed E-state index contributed by atoms with van der Waals surface area (Å²) < 4.78 is 11.0. The number of hydrogen-bond donors (Lipinski definition) is 1. The van der Waals surface area contributed by atoms with Gasteiger partial charge in [-0.2, -0.15) is 0 Å². The summed E-state index contributed by atoms with van der Waals surface area (Å²) in [6.07, 6.45) is 15.7. The Bertz CT molecular complexity index is 478. The molecule has 0 aromatic rings. The van der Waals surface area contributed by atoms with Crippen molar-refractivity contribution < 1.29 is 14.6 Å². The maximum Gasteiger partial charge on any atom is 0.156 e. The van der Waals surface area contributed by atoms with E-state index in [2.05, 4.69) is 23.1 Å². The van der Waals surface area contributed by atoms with E-state index in [0.29, 0.717) is 5.92 Å². The SMILES string of the molecule is OCC1CCN(C(CC2=CC=CCC2)C2=COC=CO2)C1. The monoisotopic (exact) mass is 289 g/mol. The quantitative estimate of drug-likeness (QED) is 0.845. The normalized spacial score (nSPS) is 26.8. The minimum atomic E-state index is 0.198. The molecule has 0 aromatic heterocycles. The van der Waals surface area contributed by atoms with E-state index in [1.54, 1.807) is 18.8 Å². The van der Waals surface area contributed by atoms with Gasteiger partial charge in [0.25, 0.3) is 0 Å². The van der Waals surface area contributed by atoms with Crippen molar-refractivity contribution in [3.8, 4) is 0 Å². The lowest BCUT2D eigenvalue weighted by Gasteiger charge is -2.30. The van der Waals surface area contributed by atoms with E-state index in [1.165, 1.54) is 5.57 Å². The molecule has 3 aliphatic rings. The van der Waals surface area contributed by atoms with Crippen molar-refractivity contribution in [3.63, 3.8) is 0 Å². The first-order valence-electron chi connectivity index (χ1n) is 7.73. The number of likely N-dealkylation sites (tertiary alicyclic amines) is 1. The highest BCUT2D eigenvalue weighted by atomic mass is 16.5. The minimum Gasteiger partial charge on any atom is -0.466 e. The fraction of sp³-hybridized carbons (Fsp3) is 0.529. The molecular formula is C17H23NO3. The van der Waals surface area contributed by atoms with E-state index >= 15 is 0 Å². The Morgan fingerprint density at radius 3 is 3.00 bits per heavy atom. The number of allylic oxidation sites excluding steroid dienone is 3. The topological polar surface area (TPSA) is 41.9 Å². The highest BCUT2D eigenvalue weighted by Crippen LogP contribution is 2.29. The molecule has 0 radical (unpaired) electrons. The molecule has 0 saturated carbocycles. The van der Waals surface area contributed by atoms with Gasteiger partial charge in [0.15, 0.2) is 5.76 Å². The summed E-state index contributed by atoms with van der Waals surface area (Å²) in [6.45, 7) is 2.20. The fourth-order valence-electron chi connectivity index (χ4n) is 3.20. The van der Waals surface area contributed by atoms with Crippen LogP contribution in [0.15, 0.2) is 48.3 Å². The summed E-state index contributed by atoms with van der Waals surface area (Å²) in [5, 5.41) is 9.37. The molecule has 0 spiro atoms. The van der Waals surface area contributed by atoms with Gasteiger partial charge in [0, 0.05) is 13.2 Å². The smallest absolute Gasteiger partial charge is 0.156 e. The zero-order chi connectivity index (χ0) is 14.5. The molecule has 4 heteroatoms. The number of hydrogen-bond acceptors (Lipinski definition) is 4. The van der Waals surface area contributed by atoms with Crippen LogP contribution in [-0.4, -0.2) is 35.7 Å². The summed E-state index contributed by atoms with van der Waals surface area (Å²) in [5.74, 6) is 1.25. The van der Waals surface area contributed by atoms with Gasteiger partial charge in [-0.25, -0.2) is 0 Å². The maximum absolute atomic E-state index is 9.37. The van der Waals surface area contributed by atoms with Crippen molar-refractivity contribution >= 4 is 0 Å². The van der Waals surface area contributed by atoms with Crippen LogP contribution in [-0.2, 0) is 9.47 Å². The fourth-order valence-corrected chi connectivity index (χ4v) is 3.20. The number of aliphatic hydroxyl groups excluding tert-OH is 1. The summed E-state index contributed by atoms with van der Waals surface area (Å²) in [7, 11) is 0. The van der Waals surface area contributed by atoms with Crippen molar-refractivity contribution in [2.75, 3.05) is 19.7 Å². The maximum atomic E-state index is 9.37. The van der Waals surface area contributed by atoms with Gasteiger partial charge < -0.3 is 14.6 Å². The molecule has 3 rings (SSSR count). The van der Waals surface area contributed by atoms with Gasteiger partial charge in [-0.05, 0) is 38.1 Å². The second-order valence-corrected chi connectivity index (χ2v) is 5.89. The van der Waals surface area contributed by atoms with E-state index in [-0.39, 0.29) is 12.6 Å². The average Bonchev–Trinajstić information content (AvgIpc) is 3.03. The van der Waals surface area contributed by atoms with Gasteiger partial charge >= 0.3 is 0 Å². The lowest BCUT2D eigenvalue weighted by molar-refractivity contribution is 0.153. The standard InChI is InChI=1S/C17H23NO3/c19-12-15-6-7-18(11-15)16(17-13-20-8-9-21-17)10-14-4-2-1-3-5-14/h1-2,4,8-9,13,15-16,19H,3,5-7,10-12H2. The molecular weight excluding hydrogens is 266 g/mol. The van der Waals surface area contributed by atoms with Gasteiger partial charge in [-0.3, -0.25) is 4.90 Å². The molecule has 1 N–H and O–H groups in total. The Labute approximate surface area is 126 Å². The molecule has 21 heavy (non-hydrogen) atoms. The Morgan fingerprint density at radius 1 is 1.38 bits per heavy atom. The van der Waals surface area contributed by atoms with Crippen LogP contribution < -0.4 is 0 Å². The molecule has 0 bridgehead atoms. The second-order valence-electron chi connectivity index (χ2n) is 5.89. The van der Waals surface area contributed by atoms with Crippen molar-refractivity contribution in [1.82, 2.24) is 4.90 Å². The van der Waals surface area contributed by atoms with Crippen molar-refractivity contribution in [1.29, 1.82) is 0 Å². The third-order valence-corrected chi connectivity index (χ3v) is 4.42. The average molecular weight is 289 g/mol. The summed E-state index contributed by atoms with van der Waals surface area (Å²) in [4.78, 5) is 2.41. The first-order valence-corrected chi connectivity index (χ1v) is 7.73. The predicted molar refractivity (Wildman–Crippen MR) is 81.0 cm³/mol. The lowest BCUT2D eigenvalue weighted by atomic mass is 9.96. The van der Waals surface area contributed by atoms with Gasteiger partial charge in [0.05, 0.1) is 6.04 Å². The summed E-state index contributed by atoms with van der Waals surface area (Å²) in [5.41, 5.74) is 1.45. The Kier molecular flexibility index (Phi) is 4.78.